The van der Waals surface area contributed by atoms with Crippen LogP contribution in [-0.2, 0) is 19.1 Å². The van der Waals surface area contributed by atoms with Gasteiger partial charge in [-0.3, -0.25) is 14.4 Å². The van der Waals surface area contributed by atoms with Gasteiger partial charge in [0.05, 0.1) is 11.3 Å². The minimum Gasteiger partial charge on any atom is -0.455 e. The first-order valence-electron chi connectivity index (χ1n) is 11.1. The first-order valence-corrected chi connectivity index (χ1v) is 12.1. The maximum atomic E-state index is 12.5. The molecule has 0 saturated carbocycles. The molecule has 1 fully saturated rings. The number of rotatable bonds is 7. The zero-order chi connectivity index (χ0) is 24.7. The van der Waals surface area contributed by atoms with Crippen LogP contribution in [0.15, 0.2) is 35.4 Å². The fourth-order valence-corrected chi connectivity index (χ4v) is 4.59. The summed E-state index contributed by atoms with van der Waals surface area (Å²) < 4.78 is 5.15. The highest BCUT2D eigenvalue weighted by atomic mass is 32.2. The Morgan fingerprint density at radius 3 is 2.47 bits per heavy atom. The summed E-state index contributed by atoms with van der Waals surface area (Å²) in [6.45, 7) is 6.16. The third kappa shape index (κ3) is 6.35. The molecule has 0 radical (unpaired) electrons. The molecule has 8 nitrogen and oxygen atoms in total. The number of piperidine rings is 1. The van der Waals surface area contributed by atoms with E-state index in [1.165, 1.54) is 0 Å². The summed E-state index contributed by atoms with van der Waals surface area (Å²) in [5.74, 6) is -1.08. The first kappa shape index (κ1) is 25.2. The van der Waals surface area contributed by atoms with E-state index in [2.05, 4.69) is 16.4 Å². The van der Waals surface area contributed by atoms with Crippen molar-refractivity contribution in [1.29, 1.82) is 5.26 Å². The lowest BCUT2D eigenvalue weighted by Gasteiger charge is -2.31. The van der Waals surface area contributed by atoms with Crippen LogP contribution in [0.1, 0.15) is 35.2 Å². The number of aryl methyl sites for hydroxylation is 1. The lowest BCUT2D eigenvalue weighted by molar-refractivity contribution is -0.150. The Kier molecular flexibility index (Phi) is 8.66. The number of nitrogens with zero attached hydrogens (tertiary/aromatic N) is 3. The maximum Gasteiger partial charge on any atom is 0.316 e. The molecule has 0 aliphatic carbocycles. The van der Waals surface area contributed by atoms with Gasteiger partial charge in [0.25, 0.3) is 5.91 Å². The molecule has 1 saturated heterocycles. The fraction of sp³-hybridized carbons (Fsp3) is 0.400. The second-order valence-corrected chi connectivity index (χ2v) is 9.16. The van der Waals surface area contributed by atoms with Crippen LogP contribution in [0.5, 0.6) is 0 Å². The molecular weight excluding hydrogens is 452 g/mol. The Morgan fingerprint density at radius 2 is 1.82 bits per heavy atom. The summed E-state index contributed by atoms with van der Waals surface area (Å²) in [6, 6.07) is 11.4. The molecule has 0 bridgehead atoms. The molecule has 1 N–H and O–H groups in total. The molecular formula is C25H28N4O4S. The predicted octanol–water partition coefficient (Wildman–Crippen LogP) is 3.39. The van der Waals surface area contributed by atoms with E-state index in [0.717, 1.165) is 34.3 Å². The number of carbonyl (C=O) groups excluding carboxylic acids is 3. The molecule has 0 unspecified atom stereocenters. The summed E-state index contributed by atoms with van der Waals surface area (Å²) in [7, 11) is 0. The summed E-state index contributed by atoms with van der Waals surface area (Å²) >= 11 is 1.13. The van der Waals surface area contributed by atoms with Crippen molar-refractivity contribution in [2.45, 2.75) is 38.6 Å². The minimum absolute atomic E-state index is 0.0430. The van der Waals surface area contributed by atoms with Crippen LogP contribution >= 0.6 is 11.8 Å². The van der Waals surface area contributed by atoms with Crippen LogP contribution in [0.2, 0.25) is 0 Å². The van der Waals surface area contributed by atoms with Gasteiger partial charge in [-0.1, -0.05) is 30.0 Å². The van der Waals surface area contributed by atoms with Gasteiger partial charge >= 0.3 is 5.97 Å². The number of benzene rings is 1. The maximum absolute atomic E-state index is 12.5. The van der Waals surface area contributed by atoms with Crippen LogP contribution in [-0.4, -0.2) is 53.1 Å². The topological polar surface area (TPSA) is 112 Å². The van der Waals surface area contributed by atoms with Crippen LogP contribution in [0, 0.1) is 38.0 Å². The van der Waals surface area contributed by atoms with Crippen molar-refractivity contribution in [3.8, 4) is 6.07 Å². The van der Waals surface area contributed by atoms with E-state index in [-0.39, 0.29) is 30.1 Å². The smallest absolute Gasteiger partial charge is 0.316 e. The Hall–Kier alpha value is -3.38. The van der Waals surface area contributed by atoms with E-state index < -0.39 is 5.97 Å². The second kappa shape index (κ2) is 11.7. The largest absolute Gasteiger partial charge is 0.455 e. The van der Waals surface area contributed by atoms with Crippen molar-refractivity contribution in [3.63, 3.8) is 0 Å². The number of nitrogens with one attached hydrogen (secondary N) is 1. The van der Waals surface area contributed by atoms with Gasteiger partial charge in [-0.15, -0.1) is 0 Å². The summed E-state index contributed by atoms with van der Waals surface area (Å²) in [4.78, 5) is 43.1. The van der Waals surface area contributed by atoms with Crippen molar-refractivity contribution >= 4 is 35.2 Å². The third-order valence-electron chi connectivity index (χ3n) is 6.02. The van der Waals surface area contributed by atoms with Crippen LogP contribution < -0.4 is 5.32 Å². The minimum atomic E-state index is -0.544. The van der Waals surface area contributed by atoms with E-state index in [4.69, 9.17) is 4.74 Å². The standard InChI is InChI=1S/C25H28N4O4S/c1-16-17(2)21(13-26)25(27-18(16)3)34-15-23(31)33-14-22(30)29-11-9-19(10-12-29)24(32)28-20-7-5-4-6-8-20/h4-8,19H,9-12,14-15H2,1-3H3,(H,28,32). The van der Waals surface area contributed by atoms with Gasteiger partial charge < -0.3 is 15.0 Å². The van der Waals surface area contributed by atoms with Crippen LogP contribution in [0.4, 0.5) is 5.69 Å². The molecule has 2 amide bonds. The number of esters is 1. The van der Waals surface area contributed by atoms with Gasteiger partial charge in [0, 0.05) is 30.4 Å². The van der Waals surface area contributed by atoms with Crippen molar-refractivity contribution in [3.05, 3.63) is 52.7 Å². The van der Waals surface area contributed by atoms with Crippen molar-refractivity contribution < 1.29 is 19.1 Å². The number of carbonyl (C=O) groups is 3. The third-order valence-corrected chi connectivity index (χ3v) is 6.97. The van der Waals surface area contributed by atoms with Gasteiger partial charge in [0.15, 0.2) is 6.61 Å². The van der Waals surface area contributed by atoms with E-state index in [9.17, 15) is 19.6 Å². The zero-order valence-corrected chi connectivity index (χ0v) is 20.4. The highest BCUT2D eigenvalue weighted by Gasteiger charge is 2.28. The molecule has 1 aliphatic rings. The molecule has 3 rings (SSSR count). The number of anilines is 1. The van der Waals surface area contributed by atoms with E-state index in [1.54, 1.807) is 4.90 Å². The molecule has 0 atom stereocenters. The van der Waals surface area contributed by atoms with Gasteiger partial charge in [0.1, 0.15) is 11.1 Å². The highest BCUT2D eigenvalue weighted by molar-refractivity contribution is 7.99. The number of ether oxygens (including phenoxy) is 1. The SMILES string of the molecule is Cc1nc(SCC(=O)OCC(=O)N2CCC(C(=O)Nc3ccccc3)CC2)c(C#N)c(C)c1C. The van der Waals surface area contributed by atoms with Gasteiger partial charge in [-0.05, 0) is 56.9 Å². The Morgan fingerprint density at radius 1 is 1.15 bits per heavy atom. The zero-order valence-electron chi connectivity index (χ0n) is 19.6. The predicted molar refractivity (Wildman–Crippen MR) is 129 cm³/mol. The van der Waals surface area contributed by atoms with E-state index in [1.807, 2.05) is 51.1 Å². The van der Waals surface area contributed by atoms with Gasteiger partial charge in [0.2, 0.25) is 5.91 Å². The lowest BCUT2D eigenvalue weighted by atomic mass is 9.95. The Balaban J connectivity index is 1.42. The molecule has 2 heterocycles. The number of pyridine rings is 1. The lowest BCUT2D eigenvalue weighted by Crippen LogP contribution is -2.43. The van der Waals surface area contributed by atoms with Crippen molar-refractivity contribution in [1.82, 2.24) is 9.88 Å². The summed E-state index contributed by atoms with van der Waals surface area (Å²) in [5, 5.41) is 12.8. The number of aromatic nitrogens is 1. The van der Waals surface area contributed by atoms with Crippen molar-refractivity contribution in [2.24, 2.45) is 5.92 Å². The quantitative estimate of drug-likeness (QED) is 0.477. The number of hydrogen-bond acceptors (Lipinski definition) is 7. The average Bonchev–Trinajstić information content (AvgIpc) is 2.85. The average molecular weight is 481 g/mol. The van der Waals surface area contributed by atoms with Gasteiger partial charge in [-0.2, -0.15) is 5.26 Å². The number of hydrogen-bond donors (Lipinski definition) is 1. The number of likely N-dealkylation sites (tertiary alicyclic amines) is 1. The first-order chi connectivity index (χ1) is 16.3. The molecule has 34 heavy (non-hydrogen) atoms. The van der Waals surface area contributed by atoms with Crippen LogP contribution in [0.3, 0.4) is 0 Å². The molecule has 178 valence electrons. The Labute approximate surface area is 203 Å². The summed E-state index contributed by atoms with van der Waals surface area (Å²) in [5.41, 5.74) is 3.82. The molecule has 1 aliphatic heterocycles. The van der Waals surface area contributed by atoms with Crippen LogP contribution in [0.25, 0.3) is 0 Å². The number of thioether (sulfide) groups is 1. The molecule has 0 spiro atoms. The van der Waals surface area contributed by atoms with Crippen molar-refractivity contribution in [2.75, 3.05) is 30.8 Å². The number of amides is 2. The molecule has 9 heteroatoms. The summed E-state index contributed by atoms with van der Waals surface area (Å²) in [6.07, 6.45) is 1.12. The normalized spacial score (nSPS) is 13.8. The Bertz CT molecular complexity index is 1110. The number of para-hydroxylation sites is 1. The monoisotopic (exact) mass is 480 g/mol. The molecule has 1 aromatic heterocycles. The van der Waals surface area contributed by atoms with Gasteiger partial charge in [-0.25, -0.2) is 4.98 Å². The second-order valence-electron chi connectivity index (χ2n) is 8.20. The molecule has 1 aromatic carbocycles. The fourth-order valence-electron chi connectivity index (χ4n) is 3.71. The van der Waals surface area contributed by atoms with E-state index >= 15 is 0 Å². The van der Waals surface area contributed by atoms with E-state index in [0.29, 0.717) is 36.5 Å². The number of nitriles is 1. The molecule has 2 aromatic rings. The highest BCUT2D eigenvalue weighted by Crippen LogP contribution is 2.26.